The number of hydrogen-bond donors (Lipinski definition) is 2. The molecule has 0 saturated heterocycles. The largest absolute Gasteiger partial charge is 0.497 e. The number of benzene rings is 1. The summed E-state index contributed by atoms with van der Waals surface area (Å²) in [5.41, 5.74) is -0.113. The molecule has 1 fully saturated rings. The van der Waals surface area contributed by atoms with Gasteiger partial charge in [-0.05, 0) is 31.0 Å². The molecular weight excluding hydrogens is 206 g/mol. The van der Waals surface area contributed by atoms with Crippen molar-refractivity contribution in [3.05, 3.63) is 29.8 Å². The van der Waals surface area contributed by atoms with Crippen LogP contribution in [0, 0.1) is 0 Å². The zero-order chi connectivity index (χ0) is 11.6. The second kappa shape index (κ2) is 4.14. The summed E-state index contributed by atoms with van der Waals surface area (Å²) in [6.45, 7) is 0.322. The van der Waals surface area contributed by atoms with Gasteiger partial charge in [0.05, 0.1) is 12.7 Å². The van der Waals surface area contributed by atoms with E-state index in [1.54, 1.807) is 31.4 Å². The van der Waals surface area contributed by atoms with Crippen molar-refractivity contribution in [2.75, 3.05) is 13.7 Å². The lowest BCUT2D eigenvalue weighted by atomic mass is 10.2. The normalized spacial score (nSPS) is 16.6. The third-order valence-corrected chi connectivity index (χ3v) is 2.74. The summed E-state index contributed by atoms with van der Waals surface area (Å²) in [6, 6.07) is 6.94. The van der Waals surface area contributed by atoms with Gasteiger partial charge in [-0.15, -0.1) is 0 Å². The van der Waals surface area contributed by atoms with Crippen LogP contribution in [0.15, 0.2) is 24.3 Å². The first-order valence-corrected chi connectivity index (χ1v) is 5.28. The minimum absolute atomic E-state index is 0.181. The Bertz CT molecular complexity index is 399. The zero-order valence-electron chi connectivity index (χ0n) is 9.19. The lowest BCUT2D eigenvalue weighted by Crippen LogP contribution is -2.33. The summed E-state index contributed by atoms with van der Waals surface area (Å²) in [4.78, 5) is 11.7. The Balaban J connectivity index is 1.97. The van der Waals surface area contributed by atoms with E-state index >= 15 is 0 Å². The number of rotatable bonds is 4. The predicted octanol–water partition coefficient (Wildman–Crippen LogP) is 0.950. The smallest absolute Gasteiger partial charge is 0.251 e. The van der Waals surface area contributed by atoms with Gasteiger partial charge in [0, 0.05) is 12.1 Å². The molecule has 1 amide bonds. The number of methoxy groups -OCH3 is 1. The Morgan fingerprint density at radius 3 is 2.94 bits per heavy atom. The number of carbonyl (C=O) groups is 1. The number of carbonyl (C=O) groups excluding carboxylic acids is 1. The highest BCUT2D eigenvalue weighted by Crippen LogP contribution is 2.33. The third kappa shape index (κ3) is 2.52. The minimum Gasteiger partial charge on any atom is -0.497 e. The van der Waals surface area contributed by atoms with Crippen molar-refractivity contribution >= 4 is 5.91 Å². The molecule has 0 unspecified atom stereocenters. The molecule has 1 aliphatic carbocycles. The van der Waals surface area contributed by atoms with Crippen LogP contribution in [0.3, 0.4) is 0 Å². The van der Waals surface area contributed by atoms with Crippen LogP contribution in [0.1, 0.15) is 23.2 Å². The number of ether oxygens (including phenoxy) is 1. The minimum atomic E-state index is -0.658. The molecule has 0 aliphatic heterocycles. The summed E-state index contributed by atoms with van der Waals surface area (Å²) in [5.74, 6) is 0.469. The number of aliphatic hydroxyl groups is 1. The average Bonchev–Trinajstić information content (AvgIpc) is 3.05. The summed E-state index contributed by atoms with van der Waals surface area (Å²) in [5, 5.41) is 12.3. The van der Waals surface area contributed by atoms with E-state index in [2.05, 4.69) is 5.32 Å². The quantitative estimate of drug-likeness (QED) is 0.795. The van der Waals surface area contributed by atoms with Crippen LogP contribution < -0.4 is 10.1 Å². The monoisotopic (exact) mass is 221 g/mol. The Hall–Kier alpha value is -1.55. The van der Waals surface area contributed by atoms with E-state index in [0.29, 0.717) is 17.9 Å². The number of amides is 1. The standard InChI is InChI=1S/C12H15NO3/c1-16-10-4-2-3-9(7-10)11(14)13-8-12(15)5-6-12/h2-4,7,15H,5-6,8H2,1H3,(H,13,14). The molecular formula is C12H15NO3. The lowest BCUT2D eigenvalue weighted by molar-refractivity contribution is 0.0896. The van der Waals surface area contributed by atoms with Crippen molar-refractivity contribution in [1.82, 2.24) is 5.32 Å². The predicted molar refractivity (Wildman–Crippen MR) is 59.5 cm³/mol. The topological polar surface area (TPSA) is 58.6 Å². The van der Waals surface area contributed by atoms with Gasteiger partial charge in [0.2, 0.25) is 0 Å². The molecule has 16 heavy (non-hydrogen) atoms. The number of hydrogen-bond acceptors (Lipinski definition) is 3. The summed E-state index contributed by atoms with van der Waals surface area (Å²) < 4.78 is 5.03. The Kier molecular flexibility index (Phi) is 2.83. The fourth-order valence-corrected chi connectivity index (χ4v) is 1.43. The van der Waals surface area contributed by atoms with Crippen molar-refractivity contribution < 1.29 is 14.6 Å². The van der Waals surface area contributed by atoms with E-state index in [1.807, 2.05) is 0 Å². The highest BCUT2D eigenvalue weighted by atomic mass is 16.5. The summed E-state index contributed by atoms with van der Waals surface area (Å²) >= 11 is 0. The molecule has 0 bridgehead atoms. The maximum Gasteiger partial charge on any atom is 0.251 e. The lowest BCUT2D eigenvalue weighted by Gasteiger charge is -2.09. The first-order valence-electron chi connectivity index (χ1n) is 5.28. The van der Waals surface area contributed by atoms with Crippen LogP contribution in [0.25, 0.3) is 0 Å². The molecule has 1 aromatic carbocycles. The van der Waals surface area contributed by atoms with Crippen LogP contribution in [-0.2, 0) is 0 Å². The Morgan fingerprint density at radius 2 is 2.31 bits per heavy atom. The molecule has 2 N–H and O–H groups in total. The van der Waals surface area contributed by atoms with Gasteiger partial charge in [-0.25, -0.2) is 0 Å². The molecule has 4 heteroatoms. The van der Waals surface area contributed by atoms with Crippen molar-refractivity contribution in [2.24, 2.45) is 0 Å². The van der Waals surface area contributed by atoms with E-state index in [0.717, 1.165) is 12.8 Å². The maximum absolute atomic E-state index is 11.7. The van der Waals surface area contributed by atoms with Gasteiger partial charge in [0.25, 0.3) is 5.91 Å². The summed E-state index contributed by atoms with van der Waals surface area (Å²) in [7, 11) is 1.56. The number of nitrogens with one attached hydrogen (secondary N) is 1. The van der Waals surface area contributed by atoms with Gasteiger partial charge >= 0.3 is 0 Å². The van der Waals surface area contributed by atoms with Gasteiger partial charge < -0.3 is 15.2 Å². The van der Waals surface area contributed by atoms with E-state index in [4.69, 9.17) is 4.74 Å². The fraction of sp³-hybridized carbons (Fsp3) is 0.417. The molecule has 0 heterocycles. The third-order valence-electron chi connectivity index (χ3n) is 2.74. The molecule has 1 aliphatic rings. The highest BCUT2D eigenvalue weighted by Gasteiger charge is 2.40. The molecule has 86 valence electrons. The first-order chi connectivity index (χ1) is 7.63. The van der Waals surface area contributed by atoms with Gasteiger partial charge in [-0.1, -0.05) is 6.07 Å². The van der Waals surface area contributed by atoms with Crippen molar-refractivity contribution in [3.8, 4) is 5.75 Å². The Labute approximate surface area is 94.2 Å². The van der Waals surface area contributed by atoms with Crippen LogP contribution in [-0.4, -0.2) is 30.3 Å². The van der Waals surface area contributed by atoms with Crippen molar-refractivity contribution in [1.29, 1.82) is 0 Å². The Morgan fingerprint density at radius 1 is 1.56 bits per heavy atom. The first kappa shape index (κ1) is 11.0. The molecule has 1 saturated carbocycles. The zero-order valence-corrected chi connectivity index (χ0v) is 9.19. The molecule has 2 rings (SSSR count). The van der Waals surface area contributed by atoms with Gasteiger partial charge in [0.15, 0.2) is 0 Å². The summed E-state index contributed by atoms with van der Waals surface area (Å²) in [6.07, 6.45) is 1.54. The van der Waals surface area contributed by atoms with Gasteiger partial charge in [0.1, 0.15) is 5.75 Å². The van der Waals surface area contributed by atoms with Crippen LogP contribution in [0.4, 0.5) is 0 Å². The fourth-order valence-electron chi connectivity index (χ4n) is 1.43. The SMILES string of the molecule is COc1cccc(C(=O)NCC2(O)CC2)c1. The molecule has 0 atom stereocenters. The van der Waals surface area contributed by atoms with Crippen molar-refractivity contribution in [3.63, 3.8) is 0 Å². The second-order valence-corrected chi connectivity index (χ2v) is 4.14. The van der Waals surface area contributed by atoms with Crippen LogP contribution >= 0.6 is 0 Å². The molecule has 0 radical (unpaired) electrons. The van der Waals surface area contributed by atoms with Gasteiger partial charge in [-0.2, -0.15) is 0 Å². The highest BCUT2D eigenvalue weighted by molar-refractivity contribution is 5.94. The van der Waals surface area contributed by atoms with Crippen LogP contribution in [0.2, 0.25) is 0 Å². The van der Waals surface area contributed by atoms with E-state index < -0.39 is 5.60 Å². The van der Waals surface area contributed by atoms with E-state index in [1.165, 1.54) is 0 Å². The average molecular weight is 221 g/mol. The maximum atomic E-state index is 11.7. The molecule has 1 aromatic rings. The van der Waals surface area contributed by atoms with E-state index in [-0.39, 0.29) is 5.91 Å². The second-order valence-electron chi connectivity index (χ2n) is 4.14. The van der Waals surface area contributed by atoms with Crippen molar-refractivity contribution in [2.45, 2.75) is 18.4 Å². The molecule has 0 aromatic heterocycles. The molecule has 4 nitrogen and oxygen atoms in total. The van der Waals surface area contributed by atoms with Crippen LogP contribution in [0.5, 0.6) is 5.75 Å². The van der Waals surface area contributed by atoms with E-state index in [9.17, 15) is 9.90 Å². The van der Waals surface area contributed by atoms with Gasteiger partial charge in [-0.3, -0.25) is 4.79 Å². The molecule has 0 spiro atoms.